The van der Waals surface area contributed by atoms with E-state index in [0.717, 1.165) is 44.5 Å². The highest BCUT2D eigenvalue weighted by Crippen LogP contribution is 2.33. The number of pyridine rings is 1. The van der Waals surface area contributed by atoms with Crippen LogP contribution in [0, 0.1) is 0 Å². The van der Waals surface area contributed by atoms with Crippen molar-refractivity contribution in [3.63, 3.8) is 0 Å². The normalized spacial score (nSPS) is 13.2. The van der Waals surface area contributed by atoms with Gasteiger partial charge in [-0.25, -0.2) is 0 Å². The molecule has 0 bridgehead atoms. The van der Waals surface area contributed by atoms with Crippen molar-refractivity contribution in [1.29, 1.82) is 0 Å². The van der Waals surface area contributed by atoms with Gasteiger partial charge in [0.05, 0.1) is 0 Å². The van der Waals surface area contributed by atoms with Crippen LogP contribution in [0.1, 0.15) is 52.1 Å². The predicted octanol–water partition coefficient (Wildman–Crippen LogP) is 5.33. The minimum absolute atomic E-state index is 0.00470. The van der Waals surface area contributed by atoms with Crippen LogP contribution in [0.3, 0.4) is 0 Å². The Morgan fingerprint density at radius 1 is 0.969 bits per heavy atom. The van der Waals surface area contributed by atoms with Gasteiger partial charge in [-0.05, 0) is 80.1 Å². The number of aromatic nitrogens is 2. The standard InChI is InChI=1S/C28H29N3O/c32-28(25-12-6-7-17-30-25)22-14-15-27-24(19-22)23-11-4-5-13-26(23)31(27)18-8-16-29-20-21-9-2-1-3-10-21/h1-3,6-7,9-10,12,14-15,17,19,29H,4-5,8,11,13,16,18,20H2. The van der Waals surface area contributed by atoms with Crippen molar-refractivity contribution in [2.45, 2.75) is 45.2 Å². The number of ketones is 1. The quantitative estimate of drug-likeness (QED) is 0.308. The molecule has 2 aromatic carbocycles. The molecule has 0 amide bonds. The molecule has 0 spiro atoms. The maximum absolute atomic E-state index is 12.9. The Kier molecular flexibility index (Phi) is 6.13. The predicted molar refractivity (Wildman–Crippen MR) is 129 cm³/mol. The molecule has 1 aliphatic carbocycles. The van der Waals surface area contributed by atoms with E-state index >= 15 is 0 Å². The van der Waals surface area contributed by atoms with Gasteiger partial charge < -0.3 is 9.88 Å². The minimum atomic E-state index is -0.00470. The largest absolute Gasteiger partial charge is 0.344 e. The van der Waals surface area contributed by atoms with Crippen molar-refractivity contribution in [2.75, 3.05) is 6.54 Å². The third-order valence-corrected chi connectivity index (χ3v) is 6.44. The van der Waals surface area contributed by atoms with Crippen molar-refractivity contribution >= 4 is 16.7 Å². The molecule has 0 saturated heterocycles. The van der Waals surface area contributed by atoms with E-state index in [4.69, 9.17) is 0 Å². The van der Waals surface area contributed by atoms with E-state index in [1.54, 1.807) is 12.3 Å². The highest BCUT2D eigenvalue weighted by Gasteiger charge is 2.21. The van der Waals surface area contributed by atoms with Crippen LogP contribution in [-0.2, 0) is 25.9 Å². The first-order chi connectivity index (χ1) is 15.8. The lowest BCUT2D eigenvalue weighted by molar-refractivity contribution is 0.103. The summed E-state index contributed by atoms with van der Waals surface area (Å²) in [5.41, 5.74) is 6.73. The third kappa shape index (κ3) is 4.23. The second-order valence-corrected chi connectivity index (χ2v) is 8.58. The van der Waals surface area contributed by atoms with E-state index in [9.17, 15) is 4.79 Å². The summed E-state index contributed by atoms with van der Waals surface area (Å²) in [4.78, 5) is 17.2. The number of carbonyl (C=O) groups is 1. The number of fused-ring (bicyclic) bond motifs is 3. The molecule has 4 aromatic rings. The lowest BCUT2D eigenvalue weighted by Crippen LogP contribution is -2.17. The van der Waals surface area contributed by atoms with Gasteiger partial charge in [-0.3, -0.25) is 9.78 Å². The van der Waals surface area contributed by atoms with Gasteiger partial charge in [-0.2, -0.15) is 0 Å². The summed E-state index contributed by atoms with van der Waals surface area (Å²) >= 11 is 0. The van der Waals surface area contributed by atoms with Gasteiger partial charge in [0.2, 0.25) is 5.78 Å². The second-order valence-electron chi connectivity index (χ2n) is 8.58. The molecule has 0 saturated carbocycles. The van der Waals surface area contributed by atoms with Crippen LogP contribution in [0.4, 0.5) is 0 Å². The molecule has 5 rings (SSSR count). The molecule has 0 atom stereocenters. The molecule has 4 heteroatoms. The summed E-state index contributed by atoms with van der Waals surface area (Å²) in [5, 5.41) is 4.82. The molecule has 2 heterocycles. The van der Waals surface area contributed by atoms with E-state index < -0.39 is 0 Å². The highest BCUT2D eigenvalue weighted by atomic mass is 16.1. The second kappa shape index (κ2) is 9.49. The van der Waals surface area contributed by atoms with E-state index in [2.05, 4.69) is 57.3 Å². The maximum Gasteiger partial charge on any atom is 0.211 e. The van der Waals surface area contributed by atoms with E-state index in [1.165, 1.54) is 40.6 Å². The Labute approximate surface area is 189 Å². The van der Waals surface area contributed by atoms with Gasteiger partial charge in [0, 0.05) is 41.4 Å². The zero-order valence-electron chi connectivity index (χ0n) is 18.4. The summed E-state index contributed by atoms with van der Waals surface area (Å²) < 4.78 is 2.50. The van der Waals surface area contributed by atoms with Crippen LogP contribution in [0.5, 0.6) is 0 Å². The fourth-order valence-corrected chi connectivity index (χ4v) is 4.87. The molecule has 1 N–H and O–H groups in total. The van der Waals surface area contributed by atoms with Gasteiger partial charge >= 0.3 is 0 Å². The molecular formula is C28H29N3O. The molecular weight excluding hydrogens is 394 g/mol. The molecule has 1 aliphatic rings. The van der Waals surface area contributed by atoms with Crippen LogP contribution in [0.15, 0.2) is 72.9 Å². The molecule has 162 valence electrons. The van der Waals surface area contributed by atoms with Crippen molar-refractivity contribution in [1.82, 2.24) is 14.9 Å². The smallest absolute Gasteiger partial charge is 0.211 e. The fraction of sp³-hybridized carbons (Fsp3) is 0.286. The van der Waals surface area contributed by atoms with E-state index in [-0.39, 0.29) is 5.78 Å². The zero-order chi connectivity index (χ0) is 21.8. The number of rotatable bonds is 8. The number of benzene rings is 2. The van der Waals surface area contributed by atoms with Crippen molar-refractivity contribution in [2.24, 2.45) is 0 Å². The van der Waals surface area contributed by atoms with Gasteiger partial charge in [0.1, 0.15) is 5.69 Å². The molecule has 2 aromatic heterocycles. The summed E-state index contributed by atoms with van der Waals surface area (Å²) in [5.74, 6) is -0.00470. The van der Waals surface area contributed by atoms with Crippen molar-refractivity contribution < 1.29 is 4.79 Å². The first-order valence-corrected chi connectivity index (χ1v) is 11.7. The number of carbonyl (C=O) groups excluding carboxylic acids is 1. The molecule has 0 radical (unpaired) electrons. The van der Waals surface area contributed by atoms with E-state index in [0.29, 0.717) is 5.69 Å². The Hall–Kier alpha value is -3.24. The molecule has 0 unspecified atom stereocenters. The Morgan fingerprint density at radius 2 is 1.81 bits per heavy atom. The van der Waals surface area contributed by atoms with Crippen LogP contribution in [0.2, 0.25) is 0 Å². The van der Waals surface area contributed by atoms with Gasteiger partial charge in [-0.15, -0.1) is 0 Å². The van der Waals surface area contributed by atoms with Crippen LogP contribution in [-0.4, -0.2) is 21.9 Å². The Balaban J connectivity index is 1.35. The number of hydrogen-bond donors (Lipinski definition) is 1. The van der Waals surface area contributed by atoms with Crippen molar-refractivity contribution in [3.05, 3.63) is 101 Å². The number of hydrogen-bond acceptors (Lipinski definition) is 3. The first-order valence-electron chi connectivity index (χ1n) is 11.7. The number of nitrogens with one attached hydrogen (secondary N) is 1. The maximum atomic E-state index is 12.9. The lowest BCUT2D eigenvalue weighted by atomic mass is 9.94. The third-order valence-electron chi connectivity index (χ3n) is 6.44. The van der Waals surface area contributed by atoms with Gasteiger partial charge in [-0.1, -0.05) is 36.4 Å². The van der Waals surface area contributed by atoms with Gasteiger partial charge in [0.25, 0.3) is 0 Å². The average Bonchev–Trinajstić information content (AvgIpc) is 3.17. The summed E-state index contributed by atoms with van der Waals surface area (Å²) in [6.07, 6.45) is 7.46. The highest BCUT2D eigenvalue weighted by molar-refractivity contribution is 6.09. The topological polar surface area (TPSA) is 46.9 Å². The van der Waals surface area contributed by atoms with Crippen LogP contribution >= 0.6 is 0 Å². The summed E-state index contributed by atoms with van der Waals surface area (Å²) in [6, 6.07) is 22.2. The molecule has 32 heavy (non-hydrogen) atoms. The average molecular weight is 424 g/mol. The van der Waals surface area contributed by atoms with Crippen LogP contribution in [0.25, 0.3) is 10.9 Å². The molecule has 0 fully saturated rings. The summed E-state index contributed by atoms with van der Waals surface area (Å²) in [6.45, 7) is 2.89. The minimum Gasteiger partial charge on any atom is -0.344 e. The van der Waals surface area contributed by atoms with Crippen molar-refractivity contribution in [3.8, 4) is 0 Å². The van der Waals surface area contributed by atoms with Crippen LogP contribution < -0.4 is 5.32 Å². The number of nitrogens with zero attached hydrogens (tertiary/aromatic N) is 2. The Bertz CT molecular complexity index is 1210. The van der Waals surface area contributed by atoms with Gasteiger partial charge in [0.15, 0.2) is 0 Å². The zero-order valence-corrected chi connectivity index (χ0v) is 18.4. The summed E-state index contributed by atoms with van der Waals surface area (Å²) in [7, 11) is 0. The fourth-order valence-electron chi connectivity index (χ4n) is 4.87. The molecule has 4 nitrogen and oxygen atoms in total. The number of aryl methyl sites for hydroxylation is 2. The SMILES string of the molecule is O=C(c1ccc2c(c1)c1c(n2CCCNCc2ccccc2)CCCC1)c1ccccn1. The van der Waals surface area contributed by atoms with E-state index in [1.807, 2.05) is 18.2 Å². The first kappa shape index (κ1) is 20.7. The lowest BCUT2D eigenvalue weighted by Gasteiger charge is -2.16. The monoisotopic (exact) mass is 423 g/mol. The molecule has 0 aliphatic heterocycles. The Morgan fingerprint density at radius 3 is 2.66 bits per heavy atom.